The van der Waals surface area contributed by atoms with Crippen molar-refractivity contribution in [3.05, 3.63) is 45.2 Å². The molecule has 0 bridgehead atoms. The molecule has 1 saturated carbocycles. The standard InChI is InChI=1S/C31H32O7/c1-8-10-17-12-18(11-9-2)24(33)21-19(17)13-29(6)14-30(7)22(15(3)4)25(34)20(16(5)32)27(36)31(30,38)28(37)23(29)26(21)35/h12,15,22,33,35-36,38H,13-14H2,1-7H3/t22?,29-,30-,31+/m1/s1. The number of phenolic OH excluding ortho intramolecular Hbond substituents is 1. The molecule has 0 aromatic heterocycles. The first kappa shape index (κ1) is 27.2. The number of carbonyl (C=O) groups excluding carboxylic acids is 3. The van der Waals surface area contributed by atoms with Crippen LogP contribution in [-0.2, 0) is 20.8 Å². The molecule has 4 rings (SSSR count). The largest absolute Gasteiger partial charge is 0.508 e. The fraction of sp³-hybridized carbons (Fsp3) is 0.452. The molecule has 7 heteroatoms. The Labute approximate surface area is 222 Å². The molecular weight excluding hydrogens is 484 g/mol. The number of phenols is 1. The minimum absolute atomic E-state index is 0.00131. The number of ketones is 3. The zero-order valence-corrected chi connectivity index (χ0v) is 22.7. The molecule has 1 fully saturated rings. The fourth-order valence-corrected chi connectivity index (χ4v) is 7.26. The van der Waals surface area contributed by atoms with E-state index in [4.69, 9.17) is 0 Å². The minimum Gasteiger partial charge on any atom is -0.508 e. The monoisotopic (exact) mass is 516 g/mol. The summed E-state index contributed by atoms with van der Waals surface area (Å²) < 4.78 is 0. The maximum atomic E-state index is 14.3. The summed E-state index contributed by atoms with van der Waals surface area (Å²) in [5, 5.41) is 46.0. The van der Waals surface area contributed by atoms with Gasteiger partial charge in [-0.1, -0.05) is 39.5 Å². The van der Waals surface area contributed by atoms with Gasteiger partial charge >= 0.3 is 0 Å². The first-order chi connectivity index (χ1) is 17.6. The maximum absolute atomic E-state index is 14.3. The molecule has 38 heavy (non-hydrogen) atoms. The van der Waals surface area contributed by atoms with E-state index in [2.05, 4.69) is 23.7 Å². The normalized spacial score (nSPS) is 30.1. The molecule has 0 radical (unpaired) electrons. The number of allylic oxidation sites excluding steroid dienone is 1. The van der Waals surface area contributed by atoms with Crippen LogP contribution in [0.3, 0.4) is 0 Å². The van der Waals surface area contributed by atoms with Crippen molar-refractivity contribution in [3.63, 3.8) is 0 Å². The summed E-state index contributed by atoms with van der Waals surface area (Å²) in [5.41, 5.74) is -4.73. The van der Waals surface area contributed by atoms with Crippen molar-refractivity contribution in [1.82, 2.24) is 0 Å². The van der Waals surface area contributed by atoms with E-state index in [9.17, 15) is 34.8 Å². The Morgan fingerprint density at radius 1 is 1.05 bits per heavy atom. The van der Waals surface area contributed by atoms with Gasteiger partial charge in [0.25, 0.3) is 0 Å². The van der Waals surface area contributed by atoms with Crippen LogP contribution in [0.4, 0.5) is 0 Å². The number of aromatic hydroxyl groups is 1. The summed E-state index contributed by atoms with van der Waals surface area (Å²) in [6.45, 7) is 11.2. The Balaban J connectivity index is 2.13. The lowest BCUT2D eigenvalue weighted by molar-refractivity contribution is -0.178. The first-order valence-electron chi connectivity index (χ1n) is 12.6. The van der Waals surface area contributed by atoms with Crippen molar-refractivity contribution >= 4 is 23.1 Å². The fourth-order valence-electron chi connectivity index (χ4n) is 7.26. The van der Waals surface area contributed by atoms with Crippen LogP contribution in [0.25, 0.3) is 5.76 Å². The summed E-state index contributed by atoms with van der Waals surface area (Å²) in [7, 11) is 0. The van der Waals surface area contributed by atoms with E-state index in [-0.39, 0.29) is 41.2 Å². The second-order valence-corrected chi connectivity index (χ2v) is 11.4. The summed E-state index contributed by atoms with van der Waals surface area (Å²) in [5.74, 6) is 5.78. The highest BCUT2D eigenvalue weighted by Gasteiger charge is 2.72. The number of benzene rings is 1. The second-order valence-electron chi connectivity index (χ2n) is 11.4. The van der Waals surface area contributed by atoms with Gasteiger partial charge in [0.1, 0.15) is 22.8 Å². The maximum Gasteiger partial charge on any atom is 0.203 e. The van der Waals surface area contributed by atoms with Gasteiger partial charge in [-0.15, -0.1) is 11.8 Å². The Morgan fingerprint density at radius 2 is 1.63 bits per heavy atom. The van der Waals surface area contributed by atoms with Crippen molar-refractivity contribution in [2.45, 2.75) is 66.9 Å². The topological polar surface area (TPSA) is 132 Å². The zero-order chi connectivity index (χ0) is 28.5. The van der Waals surface area contributed by atoms with Crippen LogP contribution in [0.2, 0.25) is 0 Å². The molecule has 3 aliphatic rings. The van der Waals surface area contributed by atoms with Crippen molar-refractivity contribution in [3.8, 4) is 29.4 Å². The summed E-state index contributed by atoms with van der Waals surface area (Å²) in [4.78, 5) is 40.3. The number of aliphatic hydroxyl groups is 3. The lowest BCUT2D eigenvalue weighted by Gasteiger charge is -2.59. The van der Waals surface area contributed by atoms with E-state index in [1.807, 2.05) is 0 Å². The molecule has 0 amide bonds. The van der Waals surface area contributed by atoms with Crippen molar-refractivity contribution in [1.29, 1.82) is 0 Å². The van der Waals surface area contributed by atoms with Gasteiger partial charge in [0.05, 0.1) is 11.1 Å². The molecule has 4 N–H and O–H groups in total. The Bertz CT molecular complexity index is 1520. The summed E-state index contributed by atoms with van der Waals surface area (Å²) in [6.07, 6.45) is 0.195. The SMILES string of the molecule is CC#Cc1cc(C#CC)c2c(c1O)C(O)=C1C(=O)[C@@]3(O)C(O)=C(C(C)=O)C(=O)C(C(C)C)[C@@]3(C)C[C@@]1(C)C2. The third-order valence-electron chi connectivity index (χ3n) is 8.52. The van der Waals surface area contributed by atoms with E-state index in [1.54, 1.807) is 47.6 Å². The van der Waals surface area contributed by atoms with Gasteiger partial charge in [-0.3, -0.25) is 14.4 Å². The lowest BCUT2D eigenvalue weighted by atomic mass is 9.43. The molecule has 1 aromatic carbocycles. The Morgan fingerprint density at radius 3 is 2.16 bits per heavy atom. The number of fused-ring (bicyclic) bond motifs is 3. The van der Waals surface area contributed by atoms with Crippen molar-refractivity contribution in [2.24, 2.45) is 22.7 Å². The lowest BCUT2D eigenvalue weighted by Crippen LogP contribution is -2.69. The van der Waals surface area contributed by atoms with Gasteiger partial charge < -0.3 is 20.4 Å². The predicted molar refractivity (Wildman–Crippen MR) is 141 cm³/mol. The molecule has 0 aliphatic heterocycles. The second kappa shape index (κ2) is 8.61. The quantitative estimate of drug-likeness (QED) is 0.346. The molecular formula is C31H32O7. The third-order valence-corrected chi connectivity index (χ3v) is 8.52. The van der Waals surface area contributed by atoms with Crippen LogP contribution in [0.5, 0.6) is 5.75 Å². The Kier molecular flexibility index (Phi) is 6.17. The van der Waals surface area contributed by atoms with E-state index < -0.39 is 56.8 Å². The highest BCUT2D eigenvalue weighted by Crippen LogP contribution is 2.65. The minimum atomic E-state index is -2.64. The van der Waals surface area contributed by atoms with Gasteiger partial charge in [0, 0.05) is 27.9 Å². The van der Waals surface area contributed by atoms with E-state index >= 15 is 0 Å². The van der Waals surface area contributed by atoms with Gasteiger partial charge in [-0.05, 0) is 51.2 Å². The van der Waals surface area contributed by atoms with Crippen LogP contribution in [0.1, 0.15) is 77.1 Å². The van der Waals surface area contributed by atoms with Gasteiger partial charge in [0.15, 0.2) is 17.2 Å². The summed E-state index contributed by atoms with van der Waals surface area (Å²) >= 11 is 0. The number of aliphatic hydroxyl groups excluding tert-OH is 2. The van der Waals surface area contributed by atoms with Crippen molar-refractivity contribution < 1.29 is 34.8 Å². The number of hydrogen-bond donors (Lipinski definition) is 4. The molecule has 1 aromatic rings. The molecule has 3 aliphatic carbocycles. The third kappa shape index (κ3) is 3.25. The molecule has 0 heterocycles. The van der Waals surface area contributed by atoms with Crippen LogP contribution >= 0.6 is 0 Å². The molecule has 0 spiro atoms. The first-order valence-corrected chi connectivity index (χ1v) is 12.6. The van der Waals surface area contributed by atoms with Crippen LogP contribution in [0, 0.1) is 46.3 Å². The molecule has 7 nitrogen and oxygen atoms in total. The van der Waals surface area contributed by atoms with E-state index in [0.29, 0.717) is 11.1 Å². The number of rotatable bonds is 2. The van der Waals surface area contributed by atoms with Crippen LogP contribution in [-0.4, -0.2) is 43.4 Å². The summed E-state index contributed by atoms with van der Waals surface area (Å²) in [6, 6.07) is 1.64. The Hall–Kier alpha value is -3.81. The highest BCUT2D eigenvalue weighted by molar-refractivity contribution is 6.24. The number of hydrogen-bond acceptors (Lipinski definition) is 7. The van der Waals surface area contributed by atoms with E-state index in [0.717, 1.165) is 6.92 Å². The van der Waals surface area contributed by atoms with Gasteiger partial charge in [0.2, 0.25) is 5.78 Å². The number of carbonyl (C=O) groups is 3. The van der Waals surface area contributed by atoms with E-state index in [1.165, 1.54) is 0 Å². The molecule has 1 unspecified atom stereocenters. The molecule has 4 atom stereocenters. The van der Waals surface area contributed by atoms with Gasteiger partial charge in [-0.2, -0.15) is 0 Å². The predicted octanol–water partition coefficient (Wildman–Crippen LogP) is 3.93. The molecule has 198 valence electrons. The smallest absolute Gasteiger partial charge is 0.203 e. The average Bonchev–Trinajstić information content (AvgIpc) is 2.79. The zero-order valence-electron chi connectivity index (χ0n) is 22.7. The molecule has 0 saturated heterocycles. The highest BCUT2D eigenvalue weighted by atomic mass is 16.3. The number of Topliss-reactive ketones (excluding diaryl/α,β-unsaturated/α-hetero) is 3. The van der Waals surface area contributed by atoms with Crippen LogP contribution < -0.4 is 0 Å². The van der Waals surface area contributed by atoms with Gasteiger partial charge in [-0.25, -0.2) is 0 Å². The average molecular weight is 517 g/mol. The van der Waals surface area contributed by atoms with Crippen LogP contribution in [0.15, 0.2) is 23.0 Å². The van der Waals surface area contributed by atoms with Crippen molar-refractivity contribution in [2.75, 3.05) is 0 Å².